The van der Waals surface area contributed by atoms with Gasteiger partial charge in [0.15, 0.2) is 0 Å². The topological polar surface area (TPSA) is 114 Å². The van der Waals surface area contributed by atoms with Gasteiger partial charge in [0.2, 0.25) is 5.91 Å². The Morgan fingerprint density at radius 2 is 1.68 bits per heavy atom. The van der Waals surface area contributed by atoms with E-state index in [9.17, 15) is 19.5 Å². The van der Waals surface area contributed by atoms with Gasteiger partial charge in [0, 0.05) is 19.1 Å². The van der Waals surface area contributed by atoms with Crippen LogP contribution >= 0.6 is 0 Å². The highest BCUT2D eigenvalue weighted by molar-refractivity contribution is 5.86. The standard InChI is InChI=1S/C26H30N2O6/c1-33-15-23(24(29)27-17-8-6-7-16(13-17)25(30)31)28-26(32)34-14-22-20-11-4-2-9-18(20)19-10-3-5-12-21(19)22/h2-5,9-12,16-17,22-23H,6-8,13-15H2,1H3,(H,27,29)(H,28,32)(H,30,31)/t16-,17+,23?/m0/s1. The minimum absolute atomic E-state index is 0.0227. The van der Waals surface area contributed by atoms with Crippen LogP contribution in [0.2, 0.25) is 0 Å². The van der Waals surface area contributed by atoms with Gasteiger partial charge in [-0.25, -0.2) is 4.79 Å². The number of methoxy groups -OCH3 is 1. The van der Waals surface area contributed by atoms with E-state index >= 15 is 0 Å². The number of ether oxygens (including phenoxy) is 2. The molecule has 180 valence electrons. The Kier molecular flexibility index (Phi) is 7.47. The predicted octanol–water partition coefficient (Wildman–Crippen LogP) is 3.30. The van der Waals surface area contributed by atoms with Crippen LogP contribution in [0.25, 0.3) is 11.1 Å². The van der Waals surface area contributed by atoms with E-state index in [1.807, 2.05) is 36.4 Å². The molecule has 2 aromatic rings. The van der Waals surface area contributed by atoms with Crippen molar-refractivity contribution in [2.45, 2.75) is 43.7 Å². The molecule has 2 aliphatic carbocycles. The van der Waals surface area contributed by atoms with Crippen LogP contribution in [-0.2, 0) is 19.1 Å². The monoisotopic (exact) mass is 466 g/mol. The number of rotatable bonds is 8. The summed E-state index contributed by atoms with van der Waals surface area (Å²) in [4.78, 5) is 36.7. The molecule has 0 spiro atoms. The van der Waals surface area contributed by atoms with E-state index in [0.29, 0.717) is 19.3 Å². The minimum Gasteiger partial charge on any atom is -0.481 e. The number of carboxylic acid groups (broad SMARTS) is 1. The number of amides is 2. The second-order valence-electron chi connectivity index (χ2n) is 8.89. The molecule has 2 amide bonds. The van der Waals surface area contributed by atoms with Gasteiger partial charge in [0.25, 0.3) is 0 Å². The van der Waals surface area contributed by atoms with Gasteiger partial charge in [-0.1, -0.05) is 55.0 Å². The highest BCUT2D eigenvalue weighted by Crippen LogP contribution is 2.44. The Labute approximate surface area is 198 Å². The molecular weight excluding hydrogens is 436 g/mol. The number of hydrogen-bond acceptors (Lipinski definition) is 5. The molecule has 1 saturated carbocycles. The van der Waals surface area contributed by atoms with Crippen molar-refractivity contribution >= 4 is 18.0 Å². The van der Waals surface area contributed by atoms with Crippen molar-refractivity contribution in [1.82, 2.24) is 10.6 Å². The van der Waals surface area contributed by atoms with Crippen molar-refractivity contribution in [1.29, 1.82) is 0 Å². The van der Waals surface area contributed by atoms with Crippen LogP contribution in [0, 0.1) is 5.92 Å². The van der Waals surface area contributed by atoms with Crippen LogP contribution in [0.3, 0.4) is 0 Å². The number of aliphatic carboxylic acids is 1. The number of hydrogen-bond donors (Lipinski definition) is 3. The van der Waals surface area contributed by atoms with E-state index in [1.165, 1.54) is 7.11 Å². The maximum atomic E-state index is 12.8. The maximum absolute atomic E-state index is 12.8. The van der Waals surface area contributed by atoms with Gasteiger partial charge in [-0.2, -0.15) is 0 Å². The third-order valence-corrected chi connectivity index (χ3v) is 6.66. The molecule has 1 unspecified atom stereocenters. The van der Waals surface area contributed by atoms with Crippen LogP contribution in [-0.4, -0.2) is 55.5 Å². The van der Waals surface area contributed by atoms with Crippen molar-refractivity contribution in [3.8, 4) is 11.1 Å². The van der Waals surface area contributed by atoms with E-state index in [2.05, 4.69) is 22.8 Å². The molecule has 3 N–H and O–H groups in total. The van der Waals surface area contributed by atoms with Crippen LogP contribution in [0.15, 0.2) is 48.5 Å². The van der Waals surface area contributed by atoms with Crippen LogP contribution in [0.5, 0.6) is 0 Å². The number of carbonyl (C=O) groups is 3. The lowest BCUT2D eigenvalue weighted by Gasteiger charge is -2.29. The maximum Gasteiger partial charge on any atom is 0.407 e. The Morgan fingerprint density at radius 1 is 1.03 bits per heavy atom. The van der Waals surface area contributed by atoms with Gasteiger partial charge in [-0.15, -0.1) is 0 Å². The lowest BCUT2D eigenvalue weighted by molar-refractivity contribution is -0.143. The highest BCUT2D eigenvalue weighted by atomic mass is 16.5. The molecular formula is C26H30N2O6. The second kappa shape index (κ2) is 10.7. The van der Waals surface area contributed by atoms with Gasteiger partial charge in [-0.3, -0.25) is 9.59 Å². The number of benzene rings is 2. The van der Waals surface area contributed by atoms with E-state index in [4.69, 9.17) is 9.47 Å². The first-order valence-electron chi connectivity index (χ1n) is 11.6. The highest BCUT2D eigenvalue weighted by Gasteiger charge is 2.32. The Morgan fingerprint density at radius 3 is 2.29 bits per heavy atom. The molecule has 8 heteroatoms. The third kappa shape index (κ3) is 5.22. The minimum atomic E-state index is -0.939. The molecule has 0 aromatic heterocycles. The van der Waals surface area contributed by atoms with Gasteiger partial charge >= 0.3 is 12.1 Å². The zero-order valence-corrected chi connectivity index (χ0v) is 19.2. The molecule has 3 atom stereocenters. The summed E-state index contributed by atoms with van der Waals surface area (Å²) in [5.41, 5.74) is 4.48. The number of nitrogens with one attached hydrogen (secondary N) is 2. The lowest BCUT2D eigenvalue weighted by atomic mass is 9.85. The summed E-state index contributed by atoms with van der Waals surface area (Å²) in [5, 5.41) is 14.7. The average Bonchev–Trinajstić information content (AvgIpc) is 3.16. The molecule has 0 bridgehead atoms. The van der Waals surface area contributed by atoms with Crippen molar-refractivity contribution < 1.29 is 29.0 Å². The Hall–Kier alpha value is -3.39. The fraction of sp³-hybridized carbons (Fsp3) is 0.423. The summed E-state index contributed by atoms with van der Waals surface area (Å²) < 4.78 is 10.7. The quantitative estimate of drug-likeness (QED) is 0.550. The molecule has 34 heavy (non-hydrogen) atoms. The lowest BCUT2D eigenvalue weighted by Crippen LogP contribution is -2.52. The van der Waals surface area contributed by atoms with Crippen molar-refractivity contribution in [3.05, 3.63) is 59.7 Å². The van der Waals surface area contributed by atoms with Gasteiger partial charge < -0.3 is 25.2 Å². The molecule has 0 aliphatic heterocycles. The molecule has 0 saturated heterocycles. The first-order valence-corrected chi connectivity index (χ1v) is 11.6. The second-order valence-corrected chi connectivity index (χ2v) is 8.89. The normalized spacial score (nSPS) is 20.0. The summed E-state index contributed by atoms with van der Waals surface area (Å²) in [6.45, 7) is 0.120. The first kappa shape index (κ1) is 23.8. The van der Waals surface area contributed by atoms with E-state index in [-0.39, 0.29) is 25.2 Å². The van der Waals surface area contributed by atoms with Crippen LogP contribution in [0.1, 0.15) is 42.7 Å². The van der Waals surface area contributed by atoms with Crippen molar-refractivity contribution in [3.63, 3.8) is 0 Å². The fourth-order valence-corrected chi connectivity index (χ4v) is 4.98. The zero-order chi connectivity index (χ0) is 24.1. The Bertz CT molecular complexity index is 1010. The molecule has 0 radical (unpaired) electrons. The van der Waals surface area contributed by atoms with Gasteiger partial charge in [0.05, 0.1) is 12.5 Å². The number of fused-ring (bicyclic) bond motifs is 3. The SMILES string of the molecule is COCC(NC(=O)OCC1c2ccccc2-c2ccccc21)C(=O)N[C@@H]1CCC[C@H](C(=O)O)C1. The van der Waals surface area contributed by atoms with Crippen LogP contribution < -0.4 is 10.6 Å². The number of alkyl carbamates (subject to hydrolysis) is 1. The van der Waals surface area contributed by atoms with Crippen LogP contribution in [0.4, 0.5) is 4.79 Å². The summed E-state index contributed by atoms with van der Waals surface area (Å²) in [7, 11) is 1.45. The smallest absolute Gasteiger partial charge is 0.407 e. The van der Waals surface area contributed by atoms with E-state index in [1.54, 1.807) is 0 Å². The number of carboxylic acids is 1. The predicted molar refractivity (Wildman–Crippen MR) is 125 cm³/mol. The third-order valence-electron chi connectivity index (χ3n) is 6.66. The number of carbonyl (C=O) groups excluding carboxylic acids is 2. The molecule has 0 heterocycles. The van der Waals surface area contributed by atoms with E-state index < -0.39 is 29.9 Å². The molecule has 2 aromatic carbocycles. The summed E-state index contributed by atoms with van der Waals surface area (Å²) >= 11 is 0. The molecule has 4 rings (SSSR count). The fourth-order valence-electron chi connectivity index (χ4n) is 4.98. The Balaban J connectivity index is 1.35. The largest absolute Gasteiger partial charge is 0.481 e. The summed E-state index contributed by atoms with van der Waals surface area (Å²) in [5.74, 6) is -1.80. The molecule has 8 nitrogen and oxygen atoms in total. The van der Waals surface area contributed by atoms with Gasteiger partial charge in [-0.05, 0) is 41.5 Å². The first-order chi connectivity index (χ1) is 16.5. The van der Waals surface area contributed by atoms with Crippen molar-refractivity contribution in [2.24, 2.45) is 5.92 Å². The zero-order valence-electron chi connectivity index (χ0n) is 19.2. The van der Waals surface area contributed by atoms with E-state index in [0.717, 1.165) is 28.7 Å². The van der Waals surface area contributed by atoms with Crippen molar-refractivity contribution in [2.75, 3.05) is 20.3 Å². The summed E-state index contributed by atoms with van der Waals surface area (Å²) in [6, 6.07) is 14.9. The average molecular weight is 467 g/mol. The summed E-state index contributed by atoms with van der Waals surface area (Å²) in [6.07, 6.45) is 1.73. The van der Waals surface area contributed by atoms with Gasteiger partial charge in [0.1, 0.15) is 12.6 Å². The molecule has 2 aliphatic rings. The molecule has 1 fully saturated rings.